The molecule has 1 aromatic carbocycles. The highest BCUT2D eigenvalue weighted by Gasteiger charge is 2.01. The molecule has 12 heavy (non-hydrogen) atoms. The molecule has 0 fully saturated rings. The first-order valence-corrected chi connectivity index (χ1v) is 4.18. The zero-order valence-corrected chi connectivity index (χ0v) is 7.36. The van der Waals surface area contributed by atoms with Crippen molar-refractivity contribution in [3.63, 3.8) is 0 Å². The van der Waals surface area contributed by atoms with E-state index in [1.807, 2.05) is 18.2 Å². The average molecular weight is 165 g/mol. The SMILES string of the molecule is CC(CON)Cc1ccccc1. The highest BCUT2D eigenvalue weighted by Crippen LogP contribution is 2.07. The Morgan fingerprint density at radius 2 is 2.00 bits per heavy atom. The summed E-state index contributed by atoms with van der Waals surface area (Å²) in [5.41, 5.74) is 1.34. The van der Waals surface area contributed by atoms with Crippen LogP contribution in [0.4, 0.5) is 0 Å². The summed E-state index contributed by atoms with van der Waals surface area (Å²) in [7, 11) is 0. The summed E-state index contributed by atoms with van der Waals surface area (Å²) in [4.78, 5) is 4.58. The van der Waals surface area contributed by atoms with E-state index in [0.717, 1.165) is 6.42 Å². The van der Waals surface area contributed by atoms with E-state index in [9.17, 15) is 0 Å². The van der Waals surface area contributed by atoms with Crippen LogP contribution in [-0.4, -0.2) is 6.61 Å². The Bertz CT molecular complexity index is 210. The topological polar surface area (TPSA) is 35.2 Å². The second-order valence-corrected chi connectivity index (χ2v) is 3.13. The molecule has 1 unspecified atom stereocenters. The normalized spacial score (nSPS) is 12.8. The van der Waals surface area contributed by atoms with Crippen LogP contribution < -0.4 is 5.90 Å². The predicted octanol–water partition coefficient (Wildman–Crippen LogP) is 1.76. The molecule has 66 valence electrons. The Kier molecular flexibility index (Phi) is 3.77. The second-order valence-electron chi connectivity index (χ2n) is 3.13. The van der Waals surface area contributed by atoms with Gasteiger partial charge in [0.1, 0.15) is 0 Å². The highest BCUT2D eigenvalue weighted by molar-refractivity contribution is 5.14. The van der Waals surface area contributed by atoms with Gasteiger partial charge in [0.15, 0.2) is 0 Å². The summed E-state index contributed by atoms with van der Waals surface area (Å²) in [5, 5.41) is 0. The Labute approximate surface area is 73.3 Å². The van der Waals surface area contributed by atoms with Crippen LogP contribution in [0.1, 0.15) is 12.5 Å². The minimum atomic E-state index is 0.484. The molecule has 0 saturated carbocycles. The van der Waals surface area contributed by atoms with Gasteiger partial charge in [-0.2, -0.15) is 0 Å². The van der Waals surface area contributed by atoms with Crippen molar-refractivity contribution in [2.45, 2.75) is 13.3 Å². The van der Waals surface area contributed by atoms with Crippen LogP contribution >= 0.6 is 0 Å². The van der Waals surface area contributed by atoms with E-state index in [1.54, 1.807) is 0 Å². The van der Waals surface area contributed by atoms with Crippen LogP contribution in [0.25, 0.3) is 0 Å². The molecule has 1 rings (SSSR count). The van der Waals surface area contributed by atoms with E-state index in [-0.39, 0.29) is 0 Å². The quantitative estimate of drug-likeness (QED) is 0.690. The van der Waals surface area contributed by atoms with Crippen molar-refractivity contribution >= 4 is 0 Å². The van der Waals surface area contributed by atoms with Gasteiger partial charge < -0.3 is 4.84 Å². The van der Waals surface area contributed by atoms with Gasteiger partial charge in [0.05, 0.1) is 6.61 Å². The number of hydrogen-bond donors (Lipinski definition) is 1. The Morgan fingerprint density at radius 3 is 2.58 bits per heavy atom. The minimum absolute atomic E-state index is 0.484. The van der Waals surface area contributed by atoms with E-state index in [4.69, 9.17) is 5.90 Å². The predicted molar refractivity (Wildman–Crippen MR) is 49.4 cm³/mol. The summed E-state index contributed by atoms with van der Waals surface area (Å²) < 4.78 is 0. The molecule has 0 aromatic heterocycles. The van der Waals surface area contributed by atoms with Crippen molar-refractivity contribution in [1.29, 1.82) is 0 Å². The fourth-order valence-electron chi connectivity index (χ4n) is 1.24. The van der Waals surface area contributed by atoms with Crippen molar-refractivity contribution < 1.29 is 4.84 Å². The molecule has 2 heteroatoms. The van der Waals surface area contributed by atoms with E-state index >= 15 is 0 Å². The lowest BCUT2D eigenvalue weighted by molar-refractivity contribution is 0.107. The fourth-order valence-corrected chi connectivity index (χ4v) is 1.24. The summed E-state index contributed by atoms with van der Waals surface area (Å²) in [6.45, 7) is 2.74. The molecule has 1 aromatic rings. The molecule has 0 radical (unpaired) electrons. The first-order chi connectivity index (χ1) is 5.83. The number of benzene rings is 1. The van der Waals surface area contributed by atoms with Gasteiger partial charge in [0.25, 0.3) is 0 Å². The lowest BCUT2D eigenvalue weighted by Gasteiger charge is -2.08. The van der Waals surface area contributed by atoms with Crippen LogP contribution in [0.3, 0.4) is 0 Å². The lowest BCUT2D eigenvalue weighted by atomic mass is 10.0. The first-order valence-electron chi connectivity index (χ1n) is 4.18. The molecule has 0 heterocycles. The van der Waals surface area contributed by atoms with Gasteiger partial charge in [-0.05, 0) is 17.9 Å². The van der Waals surface area contributed by atoms with Crippen molar-refractivity contribution in [2.75, 3.05) is 6.61 Å². The summed E-state index contributed by atoms with van der Waals surface area (Å²) in [6, 6.07) is 10.4. The molecule has 0 spiro atoms. The Morgan fingerprint density at radius 1 is 1.33 bits per heavy atom. The molecule has 2 N–H and O–H groups in total. The monoisotopic (exact) mass is 165 g/mol. The van der Waals surface area contributed by atoms with E-state index in [1.165, 1.54) is 5.56 Å². The maximum atomic E-state index is 4.98. The van der Waals surface area contributed by atoms with Gasteiger partial charge in [-0.25, -0.2) is 5.90 Å². The summed E-state index contributed by atoms with van der Waals surface area (Å²) in [5.74, 6) is 5.47. The molecule has 1 atom stereocenters. The van der Waals surface area contributed by atoms with Crippen LogP contribution in [-0.2, 0) is 11.3 Å². The standard InChI is InChI=1S/C10H15NO/c1-9(8-12-11)7-10-5-3-2-4-6-10/h2-6,9H,7-8,11H2,1H3. The highest BCUT2D eigenvalue weighted by atomic mass is 16.6. The van der Waals surface area contributed by atoms with Gasteiger partial charge >= 0.3 is 0 Å². The molecule has 0 saturated heterocycles. The van der Waals surface area contributed by atoms with Crippen LogP contribution in [0, 0.1) is 5.92 Å². The molecule has 0 bridgehead atoms. The zero-order valence-electron chi connectivity index (χ0n) is 7.36. The van der Waals surface area contributed by atoms with Gasteiger partial charge in [-0.15, -0.1) is 0 Å². The maximum Gasteiger partial charge on any atom is 0.0707 e. The average Bonchev–Trinajstić information content (AvgIpc) is 2.06. The smallest absolute Gasteiger partial charge is 0.0707 e. The van der Waals surface area contributed by atoms with Gasteiger partial charge in [-0.1, -0.05) is 37.3 Å². The molecule has 0 aliphatic carbocycles. The van der Waals surface area contributed by atoms with E-state index in [0.29, 0.717) is 12.5 Å². The van der Waals surface area contributed by atoms with E-state index < -0.39 is 0 Å². The summed E-state index contributed by atoms with van der Waals surface area (Å²) >= 11 is 0. The summed E-state index contributed by atoms with van der Waals surface area (Å²) in [6.07, 6.45) is 1.03. The van der Waals surface area contributed by atoms with Crippen molar-refractivity contribution in [3.05, 3.63) is 35.9 Å². The molecular formula is C10H15NO. The number of hydrogen-bond acceptors (Lipinski definition) is 2. The fraction of sp³-hybridized carbons (Fsp3) is 0.400. The lowest BCUT2D eigenvalue weighted by Crippen LogP contribution is -2.12. The third-order valence-corrected chi connectivity index (χ3v) is 1.81. The zero-order chi connectivity index (χ0) is 8.81. The molecule has 0 amide bonds. The number of nitrogens with two attached hydrogens (primary N) is 1. The third-order valence-electron chi connectivity index (χ3n) is 1.81. The molecular weight excluding hydrogens is 150 g/mol. The minimum Gasteiger partial charge on any atom is -0.304 e. The van der Waals surface area contributed by atoms with Gasteiger partial charge in [0, 0.05) is 0 Å². The van der Waals surface area contributed by atoms with Crippen molar-refractivity contribution in [3.8, 4) is 0 Å². The maximum absolute atomic E-state index is 4.98. The Hall–Kier alpha value is -0.860. The van der Waals surface area contributed by atoms with Crippen molar-refractivity contribution in [1.82, 2.24) is 0 Å². The first kappa shape index (κ1) is 9.23. The second kappa shape index (κ2) is 4.91. The molecule has 0 aliphatic rings. The van der Waals surface area contributed by atoms with Crippen LogP contribution in [0.5, 0.6) is 0 Å². The largest absolute Gasteiger partial charge is 0.304 e. The van der Waals surface area contributed by atoms with Crippen LogP contribution in [0.2, 0.25) is 0 Å². The van der Waals surface area contributed by atoms with Gasteiger partial charge in [-0.3, -0.25) is 0 Å². The Balaban J connectivity index is 2.41. The van der Waals surface area contributed by atoms with E-state index in [2.05, 4.69) is 23.9 Å². The number of rotatable bonds is 4. The third kappa shape index (κ3) is 3.03. The van der Waals surface area contributed by atoms with Crippen molar-refractivity contribution in [2.24, 2.45) is 11.8 Å². The molecule has 0 aliphatic heterocycles. The van der Waals surface area contributed by atoms with Crippen LogP contribution in [0.15, 0.2) is 30.3 Å². The van der Waals surface area contributed by atoms with Gasteiger partial charge in [0.2, 0.25) is 0 Å². The molecule has 2 nitrogen and oxygen atoms in total.